The zero-order chi connectivity index (χ0) is 19.5. The van der Waals surface area contributed by atoms with E-state index in [4.69, 9.17) is 4.74 Å². The number of aromatic nitrogens is 3. The smallest absolute Gasteiger partial charge is 0.263 e. The van der Waals surface area contributed by atoms with Crippen molar-refractivity contribution in [3.63, 3.8) is 0 Å². The maximum Gasteiger partial charge on any atom is 0.263 e. The molecule has 4 rings (SSSR count). The number of nitrogens with one attached hydrogen (secondary N) is 1. The van der Waals surface area contributed by atoms with Gasteiger partial charge in [-0.2, -0.15) is 9.78 Å². The molecule has 4 aromatic rings. The molecule has 2 heterocycles. The number of anilines is 1. The molecular weight excluding hydrogens is 352 g/mol. The van der Waals surface area contributed by atoms with Crippen molar-refractivity contribution in [1.29, 1.82) is 0 Å². The van der Waals surface area contributed by atoms with Crippen LogP contribution in [-0.2, 0) is 4.79 Å². The summed E-state index contributed by atoms with van der Waals surface area (Å²) in [5, 5.41) is 8.38. The molecule has 2 aromatic heterocycles. The van der Waals surface area contributed by atoms with Crippen LogP contribution in [0.5, 0.6) is 5.75 Å². The van der Waals surface area contributed by atoms with Crippen LogP contribution in [0.1, 0.15) is 11.3 Å². The molecule has 0 atom stereocenters. The van der Waals surface area contributed by atoms with Crippen LogP contribution in [0, 0.1) is 13.8 Å². The first-order valence-electron chi connectivity index (χ1n) is 9.01. The van der Waals surface area contributed by atoms with Gasteiger partial charge < -0.3 is 10.1 Å². The molecule has 0 bridgehead atoms. The molecule has 28 heavy (non-hydrogen) atoms. The monoisotopic (exact) mass is 372 g/mol. The Balaban J connectivity index is 1.53. The molecule has 1 amide bonds. The average Bonchev–Trinajstić information content (AvgIpc) is 3.06. The number of para-hydroxylation sites is 1. The maximum atomic E-state index is 12.4. The molecule has 6 heteroatoms. The molecule has 0 spiro atoms. The second-order valence-electron chi connectivity index (χ2n) is 6.60. The molecule has 0 fully saturated rings. The van der Waals surface area contributed by atoms with Gasteiger partial charge in [-0.1, -0.05) is 30.3 Å². The number of pyridine rings is 1. The maximum absolute atomic E-state index is 12.4. The summed E-state index contributed by atoms with van der Waals surface area (Å²) in [5.74, 6) is 1.60. The molecule has 6 nitrogen and oxygen atoms in total. The topological polar surface area (TPSA) is 69.0 Å². The molecule has 1 N–H and O–H groups in total. The summed E-state index contributed by atoms with van der Waals surface area (Å²) in [6.45, 7) is 3.76. The Bertz CT molecular complexity index is 1150. The molecule has 0 saturated carbocycles. The third kappa shape index (κ3) is 3.86. The van der Waals surface area contributed by atoms with Gasteiger partial charge in [-0.3, -0.25) is 4.79 Å². The minimum atomic E-state index is -0.261. The summed E-state index contributed by atoms with van der Waals surface area (Å²) in [4.78, 5) is 17.0. The minimum absolute atomic E-state index is 0.0845. The molecule has 2 aromatic carbocycles. The Hall–Kier alpha value is -3.67. The van der Waals surface area contributed by atoms with Crippen LogP contribution in [0.15, 0.2) is 66.7 Å². The number of aryl methyl sites for hydroxylation is 2. The van der Waals surface area contributed by atoms with Gasteiger partial charge in [0.2, 0.25) is 0 Å². The Kier molecular flexibility index (Phi) is 4.76. The highest BCUT2D eigenvalue weighted by atomic mass is 16.5. The first kappa shape index (κ1) is 17.7. The van der Waals surface area contributed by atoms with E-state index in [-0.39, 0.29) is 12.5 Å². The average molecular weight is 372 g/mol. The van der Waals surface area contributed by atoms with Gasteiger partial charge in [0, 0.05) is 11.5 Å². The SMILES string of the molecule is Cc1cccc(OCC(=O)Nc2cc(C)nn2-c2ccc3ccccc3n2)c1. The van der Waals surface area contributed by atoms with Gasteiger partial charge in [-0.25, -0.2) is 4.98 Å². The zero-order valence-electron chi connectivity index (χ0n) is 15.7. The van der Waals surface area contributed by atoms with E-state index < -0.39 is 0 Å². The van der Waals surface area contributed by atoms with Gasteiger partial charge >= 0.3 is 0 Å². The van der Waals surface area contributed by atoms with E-state index in [1.165, 1.54) is 0 Å². The van der Waals surface area contributed by atoms with Crippen molar-refractivity contribution in [2.45, 2.75) is 13.8 Å². The lowest BCUT2D eigenvalue weighted by atomic mass is 10.2. The standard InChI is InChI=1S/C22H20N4O2/c1-15-6-5-8-18(12-15)28-14-22(27)24-21-13-16(2)25-26(21)20-11-10-17-7-3-4-9-19(17)23-20/h3-13H,14H2,1-2H3,(H,24,27). The van der Waals surface area contributed by atoms with Crippen LogP contribution in [-0.4, -0.2) is 27.3 Å². The molecule has 140 valence electrons. The molecule has 0 radical (unpaired) electrons. The van der Waals surface area contributed by atoms with Crippen LogP contribution < -0.4 is 10.1 Å². The number of amides is 1. The first-order valence-corrected chi connectivity index (χ1v) is 9.01. The number of rotatable bonds is 5. The Morgan fingerprint density at radius 2 is 1.89 bits per heavy atom. The van der Waals surface area contributed by atoms with Gasteiger partial charge in [-0.15, -0.1) is 0 Å². The highest BCUT2D eigenvalue weighted by molar-refractivity contribution is 5.91. The van der Waals surface area contributed by atoms with Crippen molar-refractivity contribution in [1.82, 2.24) is 14.8 Å². The van der Waals surface area contributed by atoms with Crippen molar-refractivity contribution in [2.24, 2.45) is 0 Å². The molecule has 0 aliphatic rings. The van der Waals surface area contributed by atoms with E-state index >= 15 is 0 Å². The Morgan fingerprint density at radius 1 is 1.04 bits per heavy atom. The van der Waals surface area contributed by atoms with E-state index in [1.54, 1.807) is 10.7 Å². The summed E-state index contributed by atoms with van der Waals surface area (Å²) in [6.07, 6.45) is 0. The van der Waals surface area contributed by atoms with Crippen molar-refractivity contribution in [2.75, 3.05) is 11.9 Å². The second-order valence-corrected chi connectivity index (χ2v) is 6.60. The van der Waals surface area contributed by atoms with E-state index in [9.17, 15) is 4.79 Å². The van der Waals surface area contributed by atoms with E-state index in [0.29, 0.717) is 17.4 Å². The van der Waals surface area contributed by atoms with Crippen molar-refractivity contribution < 1.29 is 9.53 Å². The third-order valence-corrected chi connectivity index (χ3v) is 4.26. The molecule has 0 saturated heterocycles. The van der Waals surface area contributed by atoms with Crippen LogP contribution in [0.25, 0.3) is 16.7 Å². The number of ether oxygens (including phenoxy) is 1. The first-order chi connectivity index (χ1) is 13.6. The fourth-order valence-electron chi connectivity index (χ4n) is 2.97. The number of nitrogens with zero attached hydrogens (tertiary/aromatic N) is 3. The van der Waals surface area contributed by atoms with Gasteiger partial charge in [0.25, 0.3) is 5.91 Å². The highest BCUT2D eigenvalue weighted by Crippen LogP contribution is 2.19. The van der Waals surface area contributed by atoms with Crippen LogP contribution >= 0.6 is 0 Å². The summed E-state index contributed by atoms with van der Waals surface area (Å²) in [6, 6.07) is 21.1. The molecule has 0 aliphatic heterocycles. The minimum Gasteiger partial charge on any atom is -0.484 e. The predicted molar refractivity (Wildman–Crippen MR) is 109 cm³/mol. The fraction of sp³-hybridized carbons (Fsp3) is 0.136. The van der Waals surface area contributed by atoms with Crippen molar-refractivity contribution in [3.05, 3.63) is 78.0 Å². The predicted octanol–water partition coefficient (Wildman–Crippen LogP) is 4.05. The number of benzene rings is 2. The number of fused-ring (bicyclic) bond motifs is 1. The number of hydrogen-bond donors (Lipinski definition) is 1. The quantitative estimate of drug-likeness (QED) is 0.574. The molecule has 0 unspecified atom stereocenters. The number of carbonyl (C=O) groups is 1. The zero-order valence-corrected chi connectivity index (χ0v) is 15.7. The van der Waals surface area contributed by atoms with E-state index in [2.05, 4.69) is 15.4 Å². The Morgan fingerprint density at radius 3 is 2.75 bits per heavy atom. The second kappa shape index (κ2) is 7.52. The van der Waals surface area contributed by atoms with Gasteiger partial charge in [-0.05, 0) is 49.7 Å². The lowest BCUT2D eigenvalue weighted by Gasteiger charge is -2.10. The van der Waals surface area contributed by atoms with E-state index in [1.807, 2.05) is 74.5 Å². The van der Waals surface area contributed by atoms with Crippen molar-refractivity contribution in [3.8, 4) is 11.6 Å². The summed E-state index contributed by atoms with van der Waals surface area (Å²) in [7, 11) is 0. The molecular formula is C22H20N4O2. The summed E-state index contributed by atoms with van der Waals surface area (Å²) >= 11 is 0. The van der Waals surface area contributed by atoms with Crippen molar-refractivity contribution >= 4 is 22.6 Å². The summed E-state index contributed by atoms with van der Waals surface area (Å²) in [5.41, 5.74) is 2.73. The summed E-state index contributed by atoms with van der Waals surface area (Å²) < 4.78 is 7.20. The lowest BCUT2D eigenvalue weighted by Crippen LogP contribution is -2.22. The normalized spacial score (nSPS) is 10.8. The van der Waals surface area contributed by atoms with Gasteiger partial charge in [0.1, 0.15) is 11.6 Å². The Labute approximate surface area is 162 Å². The third-order valence-electron chi connectivity index (χ3n) is 4.26. The number of carbonyl (C=O) groups excluding carboxylic acids is 1. The highest BCUT2D eigenvalue weighted by Gasteiger charge is 2.13. The van der Waals surface area contributed by atoms with Crippen LogP contribution in [0.2, 0.25) is 0 Å². The molecule has 0 aliphatic carbocycles. The number of hydrogen-bond acceptors (Lipinski definition) is 4. The van der Waals surface area contributed by atoms with Crippen LogP contribution in [0.3, 0.4) is 0 Å². The lowest BCUT2D eigenvalue weighted by molar-refractivity contribution is -0.118. The van der Waals surface area contributed by atoms with Crippen LogP contribution in [0.4, 0.5) is 5.82 Å². The van der Waals surface area contributed by atoms with E-state index in [0.717, 1.165) is 22.2 Å². The van der Waals surface area contributed by atoms with Gasteiger partial charge in [0.05, 0.1) is 11.2 Å². The van der Waals surface area contributed by atoms with Gasteiger partial charge in [0.15, 0.2) is 12.4 Å². The largest absolute Gasteiger partial charge is 0.484 e. The fourth-order valence-corrected chi connectivity index (χ4v) is 2.97.